The first-order chi connectivity index (χ1) is 13.1. The van der Waals surface area contributed by atoms with Crippen molar-refractivity contribution in [2.45, 2.75) is 51.4 Å². The zero-order valence-electron chi connectivity index (χ0n) is 16.0. The average Bonchev–Trinajstić information content (AvgIpc) is 2.66. The second-order valence-electron chi connectivity index (χ2n) is 8.53. The van der Waals surface area contributed by atoms with E-state index in [4.69, 9.17) is 4.74 Å². The lowest BCUT2D eigenvalue weighted by Crippen LogP contribution is -2.29. The third kappa shape index (κ3) is 3.61. The van der Waals surface area contributed by atoms with Crippen LogP contribution in [0.15, 0.2) is 36.9 Å². The fourth-order valence-electron chi connectivity index (χ4n) is 5.30. The molecule has 0 radical (unpaired) electrons. The molecule has 3 heteroatoms. The molecular formula is C24H28F2O. The molecule has 0 aliphatic heterocycles. The Morgan fingerprint density at radius 2 is 1.85 bits per heavy atom. The van der Waals surface area contributed by atoms with E-state index in [0.717, 1.165) is 36.2 Å². The Morgan fingerprint density at radius 3 is 2.67 bits per heavy atom. The molecule has 2 unspecified atom stereocenters. The number of halogens is 2. The van der Waals surface area contributed by atoms with Gasteiger partial charge >= 0.3 is 0 Å². The summed E-state index contributed by atoms with van der Waals surface area (Å²) in [5.41, 5.74) is 1.02. The van der Waals surface area contributed by atoms with Crippen LogP contribution in [0, 0.1) is 29.4 Å². The van der Waals surface area contributed by atoms with Gasteiger partial charge in [-0.2, -0.15) is 0 Å². The third-order valence-electron chi connectivity index (χ3n) is 6.70. The van der Waals surface area contributed by atoms with Gasteiger partial charge in [0.25, 0.3) is 0 Å². The number of ether oxygens (including phenoxy) is 1. The molecule has 2 fully saturated rings. The van der Waals surface area contributed by atoms with Crippen LogP contribution >= 0.6 is 0 Å². The lowest BCUT2D eigenvalue weighted by molar-refractivity contribution is 0.124. The van der Waals surface area contributed by atoms with E-state index in [0.29, 0.717) is 11.3 Å². The number of benzene rings is 2. The molecule has 144 valence electrons. The first-order valence-electron chi connectivity index (χ1n) is 10.2. The molecule has 2 aliphatic carbocycles. The number of rotatable bonds is 4. The summed E-state index contributed by atoms with van der Waals surface area (Å²) in [6, 6.07) is 6.88. The highest BCUT2D eigenvalue weighted by atomic mass is 19.1. The van der Waals surface area contributed by atoms with E-state index in [2.05, 4.69) is 13.5 Å². The molecule has 0 N–H and O–H groups in total. The Labute approximate surface area is 160 Å². The molecule has 2 aliphatic rings. The Hall–Kier alpha value is -1.90. The van der Waals surface area contributed by atoms with E-state index in [1.165, 1.54) is 25.7 Å². The summed E-state index contributed by atoms with van der Waals surface area (Å²) in [6.45, 7) is 6.12. The van der Waals surface area contributed by atoms with E-state index >= 15 is 0 Å². The molecule has 0 bridgehead atoms. The van der Waals surface area contributed by atoms with Crippen LogP contribution in [0.25, 0.3) is 10.8 Å². The van der Waals surface area contributed by atoms with Crippen LogP contribution in [0.3, 0.4) is 0 Å². The zero-order valence-corrected chi connectivity index (χ0v) is 16.0. The summed E-state index contributed by atoms with van der Waals surface area (Å²) < 4.78 is 34.8. The lowest BCUT2D eigenvalue weighted by atomic mass is 9.64. The van der Waals surface area contributed by atoms with Crippen molar-refractivity contribution in [3.05, 3.63) is 54.1 Å². The monoisotopic (exact) mass is 370 g/mol. The van der Waals surface area contributed by atoms with Crippen molar-refractivity contribution in [3.63, 3.8) is 0 Å². The van der Waals surface area contributed by atoms with Crippen molar-refractivity contribution in [2.75, 3.05) is 6.61 Å². The predicted octanol–water partition coefficient (Wildman–Crippen LogP) is 7.00. The van der Waals surface area contributed by atoms with Crippen molar-refractivity contribution in [3.8, 4) is 5.75 Å². The van der Waals surface area contributed by atoms with Gasteiger partial charge in [0.15, 0.2) is 11.6 Å². The van der Waals surface area contributed by atoms with Gasteiger partial charge in [-0.25, -0.2) is 8.78 Å². The van der Waals surface area contributed by atoms with Crippen molar-refractivity contribution in [1.82, 2.24) is 0 Å². The third-order valence-corrected chi connectivity index (χ3v) is 6.70. The van der Waals surface area contributed by atoms with Crippen molar-refractivity contribution in [1.29, 1.82) is 0 Å². The minimum absolute atomic E-state index is 0.0282. The van der Waals surface area contributed by atoms with Crippen LogP contribution in [-0.4, -0.2) is 6.61 Å². The molecule has 2 aromatic rings. The molecule has 0 saturated heterocycles. The second kappa shape index (κ2) is 7.61. The van der Waals surface area contributed by atoms with Gasteiger partial charge in [0.05, 0.1) is 5.39 Å². The van der Waals surface area contributed by atoms with Crippen molar-refractivity contribution < 1.29 is 13.5 Å². The number of fused-ring (bicyclic) bond motifs is 2. The van der Waals surface area contributed by atoms with E-state index < -0.39 is 11.6 Å². The fourth-order valence-corrected chi connectivity index (χ4v) is 5.30. The molecule has 4 rings (SSSR count). The molecular weight excluding hydrogens is 342 g/mol. The SMILES string of the molecule is C=CCOc1ccc2cc([C@@H]3CC[C@@H]4CC(C)CCC4C3)cc(F)c2c1F. The number of hydrogen-bond donors (Lipinski definition) is 0. The Morgan fingerprint density at radius 1 is 1.07 bits per heavy atom. The maximum atomic E-state index is 14.8. The summed E-state index contributed by atoms with van der Waals surface area (Å²) in [5, 5.41) is 0.647. The van der Waals surface area contributed by atoms with E-state index in [9.17, 15) is 8.78 Å². The normalized spacial score (nSPS) is 28.0. The van der Waals surface area contributed by atoms with Crippen LogP contribution in [0.1, 0.15) is 56.9 Å². The predicted molar refractivity (Wildman–Crippen MR) is 106 cm³/mol. The smallest absolute Gasteiger partial charge is 0.175 e. The summed E-state index contributed by atoms with van der Waals surface area (Å²) in [5.74, 6) is 1.82. The van der Waals surface area contributed by atoms with Gasteiger partial charge in [-0.05, 0) is 78.9 Å². The van der Waals surface area contributed by atoms with Gasteiger partial charge in [-0.3, -0.25) is 0 Å². The van der Waals surface area contributed by atoms with Gasteiger partial charge in [0.2, 0.25) is 0 Å². The number of hydrogen-bond acceptors (Lipinski definition) is 1. The lowest BCUT2D eigenvalue weighted by Gasteiger charge is -2.41. The van der Waals surface area contributed by atoms with E-state index in [1.807, 2.05) is 6.07 Å². The van der Waals surface area contributed by atoms with Crippen LogP contribution < -0.4 is 4.74 Å². The molecule has 0 spiro atoms. The molecule has 27 heavy (non-hydrogen) atoms. The van der Waals surface area contributed by atoms with Gasteiger partial charge in [-0.1, -0.05) is 38.1 Å². The largest absolute Gasteiger partial charge is 0.486 e. The first kappa shape index (κ1) is 18.5. The molecule has 0 amide bonds. The van der Waals surface area contributed by atoms with E-state index in [1.54, 1.807) is 24.3 Å². The Bertz CT molecular complexity index is 844. The minimum atomic E-state index is -0.622. The quantitative estimate of drug-likeness (QED) is 0.526. The summed E-state index contributed by atoms with van der Waals surface area (Å²) in [6.07, 6.45) is 9.01. The van der Waals surface area contributed by atoms with Crippen LogP contribution in [0.2, 0.25) is 0 Å². The molecule has 0 heterocycles. The Kier molecular flexibility index (Phi) is 5.21. The highest BCUT2D eigenvalue weighted by Gasteiger charge is 2.35. The Balaban J connectivity index is 1.61. The molecule has 2 saturated carbocycles. The minimum Gasteiger partial charge on any atom is -0.486 e. The topological polar surface area (TPSA) is 9.23 Å². The van der Waals surface area contributed by atoms with Gasteiger partial charge in [-0.15, -0.1) is 0 Å². The highest BCUT2D eigenvalue weighted by Crippen LogP contribution is 2.48. The molecule has 0 aromatic heterocycles. The summed E-state index contributed by atoms with van der Waals surface area (Å²) in [4.78, 5) is 0. The van der Waals surface area contributed by atoms with Gasteiger partial charge in [0, 0.05) is 0 Å². The van der Waals surface area contributed by atoms with Crippen molar-refractivity contribution in [2.24, 2.45) is 17.8 Å². The first-order valence-corrected chi connectivity index (χ1v) is 10.2. The second-order valence-corrected chi connectivity index (χ2v) is 8.53. The average molecular weight is 370 g/mol. The zero-order chi connectivity index (χ0) is 19.0. The molecule has 1 nitrogen and oxygen atoms in total. The maximum Gasteiger partial charge on any atom is 0.175 e. The van der Waals surface area contributed by atoms with Gasteiger partial charge < -0.3 is 4.74 Å². The van der Waals surface area contributed by atoms with Crippen LogP contribution in [-0.2, 0) is 0 Å². The standard InChI is InChI=1S/C24H28F2O/c1-3-10-27-22-9-8-19-13-20(14-21(25)23(19)24(22)26)18-7-6-16-11-15(2)4-5-17(16)12-18/h3,8-9,13-18H,1,4-7,10-12H2,2H3/t15?,16-,17?,18-/m1/s1. The van der Waals surface area contributed by atoms with Crippen LogP contribution in [0.4, 0.5) is 8.78 Å². The van der Waals surface area contributed by atoms with E-state index in [-0.39, 0.29) is 17.7 Å². The van der Waals surface area contributed by atoms with Crippen molar-refractivity contribution >= 4 is 10.8 Å². The highest BCUT2D eigenvalue weighted by molar-refractivity contribution is 5.86. The fraction of sp³-hybridized carbons (Fsp3) is 0.500. The molecule has 2 aromatic carbocycles. The summed E-state index contributed by atoms with van der Waals surface area (Å²) >= 11 is 0. The molecule has 4 atom stereocenters. The van der Waals surface area contributed by atoms with Gasteiger partial charge in [0.1, 0.15) is 12.4 Å². The van der Waals surface area contributed by atoms with Crippen LogP contribution in [0.5, 0.6) is 5.75 Å². The maximum absolute atomic E-state index is 14.8. The summed E-state index contributed by atoms with van der Waals surface area (Å²) in [7, 11) is 0.